The van der Waals surface area contributed by atoms with Crippen LogP contribution < -0.4 is 0 Å². The van der Waals surface area contributed by atoms with E-state index in [1.807, 2.05) is 0 Å². The standard InChI is InChI=1S/Gd.Ho.Sc.Tb.Y.Yb. The molecule has 48 valence electrons. The normalized spacial score (nSPS) is 0. The van der Waals surface area contributed by atoms with Gasteiger partial charge in [0.15, 0.2) is 0 Å². The number of hydrogen-bond donors (Lipinski definition) is 0. The summed E-state index contributed by atoms with van der Waals surface area (Å²) in [6.45, 7) is 0. The first-order valence-electron chi connectivity index (χ1n) is 0. The van der Waals surface area contributed by atoms with Crippen molar-refractivity contribution in [2.45, 2.75) is 0 Å². The molecule has 0 aromatic heterocycles. The Morgan fingerprint density at radius 2 is 1.00 bits per heavy atom. The van der Waals surface area contributed by atoms with E-state index >= 15 is 0 Å². The Labute approximate surface area is 214 Å². The summed E-state index contributed by atoms with van der Waals surface area (Å²) in [4.78, 5) is 0. The van der Waals surface area contributed by atoms with Gasteiger partial charge in [-0.05, 0) is 0 Å². The zero-order chi connectivity index (χ0) is 0. The second-order valence-electron chi connectivity index (χ2n) is 0. The Kier molecular flexibility index (Phi) is 185. The van der Waals surface area contributed by atoms with E-state index in [0.717, 1.165) is 0 Å². The Balaban J connectivity index is 0. The van der Waals surface area contributed by atoms with Crippen LogP contribution in [0.25, 0.3) is 0 Å². The van der Waals surface area contributed by atoms with Crippen molar-refractivity contribution in [3.05, 3.63) is 0 Å². The molecule has 0 aliphatic heterocycles. The molecular formula is GdHoScTbYYb. The summed E-state index contributed by atoms with van der Waals surface area (Å²) in [6, 6.07) is 0. The Morgan fingerprint density at radius 1 is 1.00 bits per heavy atom. The van der Waals surface area contributed by atoms with Crippen molar-refractivity contribution in [2.75, 3.05) is 0 Å². The van der Waals surface area contributed by atoms with Crippen LogP contribution in [0.15, 0.2) is 0 Å². The fraction of sp³-hybridized carbons (Fsp3) is 0. The molecule has 0 aliphatic rings. The smallest absolute Gasteiger partial charge is 0 e. The first kappa shape index (κ1) is 37.7. The molecule has 0 heterocycles. The summed E-state index contributed by atoms with van der Waals surface area (Å²) in [5.74, 6) is 0. The van der Waals surface area contributed by atoms with Crippen LogP contribution in [0.4, 0.5) is 0 Å². The second-order valence-corrected chi connectivity index (χ2v) is 0. The van der Waals surface area contributed by atoms with Crippen LogP contribution in [-0.4, -0.2) is 0 Å². The third kappa shape index (κ3) is 22.5. The van der Waals surface area contributed by atoms with Crippen molar-refractivity contribution in [3.8, 4) is 0 Å². The van der Waals surface area contributed by atoms with Crippen molar-refractivity contribution >= 4 is 0 Å². The maximum Gasteiger partial charge on any atom is 0 e. The van der Waals surface area contributed by atoms with Gasteiger partial charge in [-0.3, -0.25) is 0 Å². The molecule has 0 amide bonds. The molecule has 0 fully saturated rings. The SMILES string of the molecule is [Gd].[Ho].[Sc].[Tb].[Y].[Yb]. The molecule has 0 spiro atoms. The maximum atomic E-state index is 0. The largest absolute Gasteiger partial charge is 0 e. The minimum atomic E-state index is 0. The van der Waals surface area contributed by atoms with Gasteiger partial charge in [0.2, 0.25) is 0 Å². The zero-order valence-electron chi connectivity index (χ0n) is 2.41. The van der Waals surface area contributed by atoms with Gasteiger partial charge in [-0.15, -0.1) is 0 Å². The fourth-order valence-electron chi connectivity index (χ4n) is 0. The van der Waals surface area contributed by atoms with E-state index in [4.69, 9.17) is 0 Å². The van der Waals surface area contributed by atoms with E-state index < -0.39 is 0 Å². The molecule has 0 aliphatic carbocycles. The van der Waals surface area contributed by atoms with E-state index in [9.17, 15) is 0 Å². The summed E-state index contributed by atoms with van der Waals surface area (Å²) in [7, 11) is 0. The van der Waals surface area contributed by atoms with E-state index in [1.165, 1.54) is 0 Å². The van der Waals surface area contributed by atoms with Crippen LogP contribution in [-0.2, 0) is 58.6 Å². The second kappa shape index (κ2) is 29.4. The van der Waals surface area contributed by atoms with Gasteiger partial charge in [0.05, 0.1) is 0 Å². The molecule has 0 saturated heterocycles. The summed E-state index contributed by atoms with van der Waals surface area (Å²) in [6.07, 6.45) is 0. The van der Waals surface area contributed by atoms with Crippen LogP contribution in [0, 0.1) is 163 Å². The van der Waals surface area contributed by atoms with Crippen molar-refractivity contribution in [3.63, 3.8) is 0 Å². The molecule has 0 bridgehead atoms. The average Bonchev–Trinajstić information content (AvgIpc) is 0. The van der Waals surface area contributed by atoms with E-state index in [-0.39, 0.29) is 222 Å². The average molecular weight is 788 g/mol. The third-order valence-electron chi connectivity index (χ3n) is 0. The molecule has 0 N–H and O–H groups in total. The minimum absolute atomic E-state index is 0. The van der Waals surface area contributed by atoms with Crippen LogP contribution in [0.2, 0.25) is 0 Å². The van der Waals surface area contributed by atoms with Gasteiger partial charge in [0, 0.05) is 222 Å². The number of hydrogen-bond acceptors (Lipinski definition) is 0. The van der Waals surface area contributed by atoms with Gasteiger partial charge in [-0.2, -0.15) is 0 Å². The van der Waals surface area contributed by atoms with Crippen LogP contribution >= 0.6 is 0 Å². The molecule has 0 unspecified atom stereocenters. The van der Waals surface area contributed by atoms with Gasteiger partial charge < -0.3 is 0 Å². The van der Waals surface area contributed by atoms with Gasteiger partial charge in [0.25, 0.3) is 0 Å². The monoisotopic (exact) mass is 790 g/mol. The molecule has 6 heavy (non-hydrogen) atoms. The molecular weight excluding hydrogens is 788 g/mol. The third-order valence-corrected chi connectivity index (χ3v) is 0. The Bertz CT molecular complexity index is 15.5. The van der Waals surface area contributed by atoms with E-state index in [2.05, 4.69) is 0 Å². The topological polar surface area (TPSA) is 0 Å². The van der Waals surface area contributed by atoms with Crippen molar-refractivity contribution in [1.82, 2.24) is 0 Å². The van der Waals surface area contributed by atoms with Crippen LogP contribution in [0.5, 0.6) is 0 Å². The van der Waals surface area contributed by atoms with Crippen molar-refractivity contribution in [2.24, 2.45) is 0 Å². The van der Waals surface area contributed by atoms with Crippen molar-refractivity contribution < 1.29 is 222 Å². The fourth-order valence-corrected chi connectivity index (χ4v) is 0. The van der Waals surface area contributed by atoms with Crippen LogP contribution in [0.3, 0.4) is 0 Å². The van der Waals surface area contributed by atoms with Crippen LogP contribution in [0.1, 0.15) is 0 Å². The minimum Gasteiger partial charge on any atom is 0 e. The summed E-state index contributed by atoms with van der Waals surface area (Å²) in [5.41, 5.74) is 0. The molecule has 0 nitrogen and oxygen atoms in total. The zero-order valence-corrected chi connectivity index (χ0v) is 15.1. The number of rotatable bonds is 0. The predicted molar refractivity (Wildman–Crippen MR) is 0 cm³/mol. The first-order chi connectivity index (χ1) is 0. The van der Waals surface area contributed by atoms with Gasteiger partial charge in [-0.1, -0.05) is 0 Å². The van der Waals surface area contributed by atoms with E-state index in [1.54, 1.807) is 0 Å². The molecule has 6 heteroatoms. The molecule has 0 rings (SSSR count). The molecule has 4 radical (unpaired) electrons. The van der Waals surface area contributed by atoms with Crippen molar-refractivity contribution in [1.29, 1.82) is 0 Å². The Hall–Kier alpha value is 7.36. The summed E-state index contributed by atoms with van der Waals surface area (Å²) >= 11 is 0. The molecule has 0 saturated carbocycles. The maximum absolute atomic E-state index is 0. The molecule has 0 aromatic rings. The summed E-state index contributed by atoms with van der Waals surface area (Å²) in [5, 5.41) is 0. The molecule has 0 aromatic carbocycles. The molecule has 0 atom stereocenters. The quantitative estimate of drug-likeness (QED) is 0.304. The van der Waals surface area contributed by atoms with Gasteiger partial charge in [0.1, 0.15) is 0 Å². The summed E-state index contributed by atoms with van der Waals surface area (Å²) < 4.78 is 0. The first-order valence-corrected chi connectivity index (χ1v) is 0. The Morgan fingerprint density at radius 3 is 1.00 bits per heavy atom. The van der Waals surface area contributed by atoms with Gasteiger partial charge >= 0.3 is 0 Å². The van der Waals surface area contributed by atoms with Gasteiger partial charge in [-0.25, -0.2) is 0 Å². The predicted octanol–water partition coefficient (Wildman–Crippen LogP) is -0.00500. The van der Waals surface area contributed by atoms with E-state index in [0.29, 0.717) is 0 Å².